The van der Waals surface area contributed by atoms with Crippen molar-refractivity contribution in [1.29, 1.82) is 0 Å². The topological polar surface area (TPSA) is 74.6 Å². The van der Waals surface area contributed by atoms with Crippen molar-refractivity contribution in [2.45, 2.75) is 26.7 Å². The van der Waals surface area contributed by atoms with Gasteiger partial charge in [0.1, 0.15) is 0 Å². The molecule has 4 atom stereocenters. The van der Waals surface area contributed by atoms with E-state index in [1.165, 1.54) is 0 Å². The van der Waals surface area contributed by atoms with E-state index in [1.807, 2.05) is 13.8 Å². The van der Waals surface area contributed by atoms with Gasteiger partial charge in [-0.05, 0) is 36.5 Å². The molecule has 0 aromatic carbocycles. The first-order valence-corrected chi connectivity index (χ1v) is 5.65. The first-order valence-electron chi connectivity index (χ1n) is 5.65. The van der Waals surface area contributed by atoms with Crippen LogP contribution in [0.2, 0.25) is 0 Å². The lowest BCUT2D eigenvalue weighted by Crippen LogP contribution is -2.43. The molecule has 2 N–H and O–H groups in total. The van der Waals surface area contributed by atoms with E-state index in [0.29, 0.717) is 0 Å². The molecule has 0 spiro atoms. The normalized spacial score (nSPS) is 37.6. The van der Waals surface area contributed by atoms with E-state index in [9.17, 15) is 9.59 Å². The molecule has 0 saturated heterocycles. The predicted octanol–water partition coefficient (Wildman–Crippen LogP) is 1.76. The fraction of sp³-hybridized carbons (Fsp3) is 0.667. The average Bonchev–Trinajstić information content (AvgIpc) is 2.23. The molecule has 3 rings (SSSR count). The number of hydrogen-bond acceptors (Lipinski definition) is 2. The van der Waals surface area contributed by atoms with E-state index in [-0.39, 0.29) is 34.8 Å². The molecule has 1 fully saturated rings. The molecule has 0 aliphatic heterocycles. The quantitative estimate of drug-likeness (QED) is 0.749. The summed E-state index contributed by atoms with van der Waals surface area (Å²) >= 11 is 0. The van der Waals surface area contributed by atoms with Gasteiger partial charge < -0.3 is 10.2 Å². The van der Waals surface area contributed by atoms with Crippen LogP contribution in [-0.2, 0) is 9.59 Å². The molecule has 0 radical (unpaired) electrons. The lowest BCUT2D eigenvalue weighted by atomic mass is 9.57. The van der Waals surface area contributed by atoms with E-state index < -0.39 is 11.9 Å². The highest BCUT2D eigenvalue weighted by atomic mass is 16.4. The van der Waals surface area contributed by atoms with Gasteiger partial charge in [-0.15, -0.1) is 0 Å². The van der Waals surface area contributed by atoms with Crippen molar-refractivity contribution < 1.29 is 19.8 Å². The standard InChI is InChI=1S/C12H16O4/c1-5-6(2)8-4-3-7(5)9(11(13)14)10(8)12(15)16/h5-8H,3-4H2,1-2H3,(H,13,14)(H,15,16). The van der Waals surface area contributed by atoms with Crippen molar-refractivity contribution in [3.8, 4) is 0 Å². The first kappa shape index (κ1) is 11.2. The Balaban J connectivity index is 2.57. The van der Waals surface area contributed by atoms with Gasteiger partial charge in [-0.2, -0.15) is 0 Å². The lowest BCUT2D eigenvalue weighted by molar-refractivity contribution is -0.139. The molecule has 0 amide bonds. The first-order chi connectivity index (χ1) is 7.45. The minimum Gasteiger partial charge on any atom is -0.478 e. The number of aliphatic carboxylic acids is 2. The molecule has 16 heavy (non-hydrogen) atoms. The maximum Gasteiger partial charge on any atom is 0.332 e. The number of carboxylic acids is 2. The maximum atomic E-state index is 11.2. The Bertz CT molecular complexity index is 346. The van der Waals surface area contributed by atoms with E-state index in [1.54, 1.807) is 0 Å². The molecule has 4 nitrogen and oxygen atoms in total. The Morgan fingerprint density at radius 2 is 1.25 bits per heavy atom. The summed E-state index contributed by atoms with van der Waals surface area (Å²) in [5.41, 5.74) is 0.323. The van der Waals surface area contributed by atoms with Crippen molar-refractivity contribution >= 4 is 11.9 Å². The zero-order chi connectivity index (χ0) is 12.0. The average molecular weight is 224 g/mol. The Morgan fingerprint density at radius 1 is 0.938 bits per heavy atom. The van der Waals surface area contributed by atoms with Crippen LogP contribution in [0.25, 0.3) is 0 Å². The third-order valence-corrected chi connectivity index (χ3v) is 4.38. The van der Waals surface area contributed by atoms with Crippen LogP contribution in [-0.4, -0.2) is 22.2 Å². The van der Waals surface area contributed by atoms with E-state index in [0.717, 1.165) is 12.8 Å². The molecule has 0 aromatic heterocycles. The van der Waals surface area contributed by atoms with Crippen molar-refractivity contribution in [1.82, 2.24) is 0 Å². The van der Waals surface area contributed by atoms with Crippen LogP contribution in [0.15, 0.2) is 11.1 Å². The summed E-state index contributed by atoms with van der Waals surface area (Å²) in [6.07, 6.45) is 1.63. The summed E-state index contributed by atoms with van der Waals surface area (Å²) in [7, 11) is 0. The van der Waals surface area contributed by atoms with Gasteiger partial charge in [0.2, 0.25) is 0 Å². The van der Waals surface area contributed by atoms with Gasteiger partial charge >= 0.3 is 11.9 Å². The molecule has 1 saturated carbocycles. The molecular weight excluding hydrogens is 208 g/mol. The second kappa shape index (κ2) is 3.61. The molecule has 0 heterocycles. The highest BCUT2D eigenvalue weighted by Crippen LogP contribution is 2.51. The van der Waals surface area contributed by atoms with Gasteiger partial charge in [0, 0.05) is 0 Å². The van der Waals surface area contributed by atoms with Gasteiger partial charge in [0.15, 0.2) is 0 Å². The zero-order valence-corrected chi connectivity index (χ0v) is 9.43. The maximum absolute atomic E-state index is 11.2. The van der Waals surface area contributed by atoms with Crippen LogP contribution in [0.1, 0.15) is 26.7 Å². The molecule has 0 aromatic rings. The smallest absolute Gasteiger partial charge is 0.332 e. The van der Waals surface area contributed by atoms with Crippen LogP contribution < -0.4 is 0 Å². The van der Waals surface area contributed by atoms with Gasteiger partial charge in [0.25, 0.3) is 0 Å². The van der Waals surface area contributed by atoms with E-state index in [2.05, 4.69) is 0 Å². The fourth-order valence-corrected chi connectivity index (χ4v) is 3.38. The zero-order valence-electron chi connectivity index (χ0n) is 9.43. The molecule has 2 bridgehead atoms. The van der Waals surface area contributed by atoms with Crippen molar-refractivity contribution in [2.75, 3.05) is 0 Å². The summed E-state index contributed by atoms with van der Waals surface area (Å²) < 4.78 is 0. The molecule has 3 aliphatic rings. The van der Waals surface area contributed by atoms with E-state index in [4.69, 9.17) is 10.2 Å². The lowest BCUT2D eigenvalue weighted by Gasteiger charge is -2.46. The minimum absolute atomic E-state index is 0.0800. The van der Waals surface area contributed by atoms with Crippen LogP contribution in [0.5, 0.6) is 0 Å². The van der Waals surface area contributed by atoms with E-state index >= 15 is 0 Å². The third-order valence-electron chi connectivity index (χ3n) is 4.38. The SMILES string of the molecule is CC1C2CCC(C(C(=O)O)=C2C(=O)O)C1C. The summed E-state index contributed by atoms with van der Waals surface area (Å²) in [6, 6.07) is 0. The highest BCUT2D eigenvalue weighted by Gasteiger charge is 2.48. The molecule has 4 heteroatoms. The molecule has 88 valence electrons. The number of hydrogen-bond donors (Lipinski definition) is 2. The van der Waals surface area contributed by atoms with Crippen molar-refractivity contribution in [3.05, 3.63) is 11.1 Å². The fourth-order valence-electron chi connectivity index (χ4n) is 3.38. The van der Waals surface area contributed by atoms with Crippen LogP contribution in [0.3, 0.4) is 0 Å². The Hall–Kier alpha value is -1.32. The van der Waals surface area contributed by atoms with Gasteiger partial charge in [-0.25, -0.2) is 9.59 Å². The largest absolute Gasteiger partial charge is 0.478 e. The third kappa shape index (κ3) is 1.36. The van der Waals surface area contributed by atoms with Gasteiger partial charge in [-0.1, -0.05) is 13.8 Å². The van der Waals surface area contributed by atoms with Crippen molar-refractivity contribution in [2.24, 2.45) is 23.7 Å². The molecule has 3 aliphatic carbocycles. The number of carboxylic acid groups (broad SMARTS) is 2. The Morgan fingerprint density at radius 3 is 1.50 bits per heavy atom. The summed E-state index contributed by atoms with van der Waals surface area (Å²) in [5, 5.41) is 18.3. The summed E-state index contributed by atoms with van der Waals surface area (Å²) in [4.78, 5) is 22.4. The molecule has 4 unspecified atom stereocenters. The molecular formula is C12H16O4. The minimum atomic E-state index is -1.05. The monoisotopic (exact) mass is 224 g/mol. The van der Waals surface area contributed by atoms with Crippen LogP contribution >= 0.6 is 0 Å². The Kier molecular flexibility index (Phi) is 2.52. The number of fused-ring (bicyclic) bond motifs is 2. The summed E-state index contributed by atoms with van der Waals surface area (Å²) in [5.74, 6) is -1.72. The summed E-state index contributed by atoms with van der Waals surface area (Å²) in [6.45, 7) is 4.06. The second-order valence-corrected chi connectivity index (χ2v) is 4.95. The van der Waals surface area contributed by atoms with Crippen LogP contribution in [0, 0.1) is 23.7 Å². The number of rotatable bonds is 2. The van der Waals surface area contributed by atoms with Crippen molar-refractivity contribution in [3.63, 3.8) is 0 Å². The highest BCUT2D eigenvalue weighted by molar-refractivity contribution is 6.00. The van der Waals surface area contributed by atoms with Gasteiger partial charge in [0.05, 0.1) is 11.1 Å². The Labute approximate surface area is 94.0 Å². The second-order valence-electron chi connectivity index (χ2n) is 4.95. The predicted molar refractivity (Wildman–Crippen MR) is 56.8 cm³/mol. The van der Waals surface area contributed by atoms with Gasteiger partial charge in [-0.3, -0.25) is 0 Å². The number of carbonyl (C=O) groups is 2. The van der Waals surface area contributed by atoms with Crippen LogP contribution in [0.4, 0.5) is 0 Å².